The summed E-state index contributed by atoms with van der Waals surface area (Å²) in [5.41, 5.74) is 1.27. The molecule has 0 aliphatic rings. The van der Waals surface area contributed by atoms with Crippen LogP contribution in [0, 0.1) is 5.92 Å². The van der Waals surface area contributed by atoms with Crippen molar-refractivity contribution in [1.29, 1.82) is 0 Å². The van der Waals surface area contributed by atoms with Crippen molar-refractivity contribution in [2.45, 2.75) is 58.9 Å². The van der Waals surface area contributed by atoms with Gasteiger partial charge < -0.3 is 5.32 Å². The molecule has 1 atom stereocenters. The highest BCUT2D eigenvalue weighted by Crippen LogP contribution is 2.24. The van der Waals surface area contributed by atoms with Gasteiger partial charge in [-0.2, -0.15) is 0 Å². The Bertz CT molecular complexity index is 345. The quantitative estimate of drug-likeness (QED) is 0.666. The Morgan fingerprint density at radius 2 is 1.68 bits per heavy atom. The van der Waals surface area contributed by atoms with Gasteiger partial charge in [-0.3, -0.25) is 0 Å². The van der Waals surface area contributed by atoms with Crippen molar-refractivity contribution in [3.8, 4) is 0 Å². The van der Waals surface area contributed by atoms with Crippen LogP contribution in [0.25, 0.3) is 0 Å². The highest BCUT2D eigenvalue weighted by molar-refractivity contribution is 6.31. The molecule has 0 amide bonds. The predicted molar refractivity (Wildman–Crippen MR) is 85.9 cm³/mol. The summed E-state index contributed by atoms with van der Waals surface area (Å²) in [5, 5.41) is 4.57. The molecular weight excluding hydrogens is 254 g/mol. The number of likely N-dealkylation sites (N-methyl/N-ethyl adjacent to an activating group) is 1. The fourth-order valence-corrected chi connectivity index (χ4v) is 3.07. The molecule has 0 bridgehead atoms. The van der Waals surface area contributed by atoms with Gasteiger partial charge in [-0.1, -0.05) is 63.4 Å². The molecule has 0 spiro atoms. The summed E-state index contributed by atoms with van der Waals surface area (Å²) < 4.78 is 0. The van der Waals surface area contributed by atoms with Crippen LogP contribution in [0.5, 0.6) is 0 Å². The molecule has 0 aromatic heterocycles. The molecule has 0 aliphatic carbocycles. The summed E-state index contributed by atoms with van der Waals surface area (Å²) in [6, 6.07) is 8.78. The maximum absolute atomic E-state index is 6.30. The van der Waals surface area contributed by atoms with E-state index in [4.69, 9.17) is 11.6 Å². The molecule has 19 heavy (non-hydrogen) atoms. The predicted octanol–water partition coefficient (Wildman–Crippen LogP) is 5.08. The standard InChI is InChI=1S/C17H28ClN/c1-4-9-14(10-5-2)17(19-6-3)13-15-11-7-8-12-16(15)18/h7-8,11-12,14,17,19H,4-6,9-10,13H2,1-3H3. The van der Waals surface area contributed by atoms with Gasteiger partial charge in [0.05, 0.1) is 0 Å². The van der Waals surface area contributed by atoms with Crippen LogP contribution in [0.3, 0.4) is 0 Å². The van der Waals surface area contributed by atoms with Gasteiger partial charge in [0.2, 0.25) is 0 Å². The van der Waals surface area contributed by atoms with Gasteiger partial charge in [-0.25, -0.2) is 0 Å². The Labute approximate surface area is 123 Å². The SMILES string of the molecule is CCCC(CCC)C(Cc1ccccc1Cl)NCC. The molecule has 0 saturated heterocycles. The summed E-state index contributed by atoms with van der Waals surface area (Å²) in [4.78, 5) is 0. The lowest BCUT2D eigenvalue weighted by Crippen LogP contribution is -2.38. The smallest absolute Gasteiger partial charge is 0.0438 e. The number of rotatable bonds is 9. The lowest BCUT2D eigenvalue weighted by molar-refractivity contribution is 0.312. The van der Waals surface area contributed by atoms with Crippen molar-refractivity contribution in [1.82, 2.24) is 5.32 Å². The molecule has 0 fully saturated rings. The van der Waals surface area contributed by atoms with Crippen LogP contribution in [-0.4, -0.2) is 12.6 Å². The largest absolute Gasteiger partial charge is 0.314 e. The third-order valence-corrected chi connectivity index (χ3v) is 4.12. The van der Waals surface area contributed by atoms with E-state index in [-0.39, 0.29) is 0 Å². The zero-order chi connectivity index (χ0) is 14.1. The molecular formula is C17H28ClN. The minimum atomic E-state index is 0.546. The average Bonchev–Trinajstić information content (AvgIpc) is 2.40. The van der Waals surface area contributed by atoms with E-state index in [1.165, 1.54) is 31.2 Å². The van der Waals surface area contributed by atoms with Gasteiger partial charge in [0, 0.05) is 11.1 Å². The van der Waals surface area contributed by atoms with Crippen molar-refractivity contribution in [2.24, 2.45) is 5.92 Å². The van der Waals surface area contributed by atoms with Crippen molar-refractivity contribution in [3.05, 3.63) is 34.9 Å². The Morgan fingerprint density at radius 1 is 1.05 bits per heavy atom. The summed E-state index contributed by atoms with van der Waals surface area (Å²) in [7, 11) is 0. The number of hydrogen-bond donors (Lipinski definition) is 1. The topological polar surface area (TPSA) is 12.0 Å². The molecule has 1 aromatic rings. The van der Waals surface area contributed by atoms with E-state index >= 15 is 0 Å². The second-order valence-electron chi connectivity index (χ2n) is 5.30. The molecule has 1 nitrogen and oxygen atoms in total. The zero-order valence-corrected chi connectivity index (χ0v) is 13.3. The van der Waals surface area contributed by atoms with Gasteiger partial charge in [0.15, 0.2) is 0 Å². The van der Waals surface area contributed by atoms with E-state index in [9.17, 15) is 0 Å². The molecule has 1 rings (SSSR count). The molecule has 1 unspecified atom stereocenters. The first-order valence-corrected chi connectivity index (χ1v) is 8.07. The second kappa shape index (κ2) is 9.39. The molecule has 0 heterocycles. The summed E-state index contributed by atoms with van der Waals surface area (Å²) >= 11 is 6.30. The Morgan fingerprint density at radius 3 is 2.21 bits per heavy atom. The summed E-state index contributed by atoms with van der Waals surface area (Å²) in [5.74, 6) is 0.756. The van der Waals surface area contributed by atoms with E-state index in [1.54, 1.807) is 0 Å². The normalized spacial score (nSPS) is 12.9. The van der Waals surface area contributed by atoms with Crippen LogP contribution < -0.4 is 5.32 Å². The lowest BCUT2D eigenvalue weighted by Gasteiger charge is -2.28. The molecule has 0 aliphatic heterocycles. The van der Waals surface area contributed by atoms with Crippen molar-refractivity contribution in [3.63, 3.8) is 0 Å². The minimum absolute atomic E-state index is 0.546. The fraction of sp³-hybridized carbons (Fsp3) is 0.647. The van der Waals surface area contributed by atoms with Crippen LogP contribution >= 0.6 is 11.6 Å². The van der Waals surface area contributed by atoms with Gasteiger partial charge >= 0.3 is 0 Å². The molecule has 1 N–H and O–H groups in total. The third kappa shape index (κ3) is 5.54. The van der Waals surface area contributed by atoms with Crippen LogP contribution in [0.1, 0.15) is 52.0 Å². The molecule has 0 saturated carbocycles. The maximum Gasteiger partial charge on any atom is 0.0438 e. The van der Waals surface area contributed by atoms with Gasteiger partial charge in [-0.05, 0) is 43.4 Å². The van der Waals surface area contributed by atoms with Crippen LogP contribution in [0.2, 0.25) is 5.02 Å². The number of halogens is 1. The van der Waals surface area contributed by atoms with Crippen LogP contribution in [-0.2, 0) is 6.42 Å². The monoisotopic (exact) mass is 281 g/mol. The highest BCUT2D eigenvalue weighted by Gasteiger charge is 2.20. The van der Waals surface area contributed by atoms with E-state index in [0.29, 0.717) is 6.04 Å². The van der Waals surface area contributed by atoms with E-state index in [0.717, 1.165) is 23.9 Å². The van der Waals surface area contributed by atoms with Crippen molar-refractivity contribution >= 4 is 11.6 Å². The molecule has 2 heteroatoms. The summed E-state index contributed by atoms with van der Waals surface area (Å²) in [6.07, 6.45) is 6.16. The van der Waals surface area contributed by atoms with Crippen LogP contribution in [0.15, 0.2) is 24.3 Å². The maximum atomic E-state index is 6.30. The number of hydrogen-bond acceptors (Lipinski definition) is 1. The summed E-state index contributed by atoms with van der Waals surface area (Å²) in [6.45, 7) is 7.77. The van der Waals surface area contributed by atoms with Gasteiger partial charge in [0.1, 0.15) is 0 Å². The molecule has 108 valence electrons. The fourth-order valence-electron chi connectivity index (χ4n) is 2.86. The minimum Gasteiger partial charge on any atom is -0.314 e. The lowest BCUT2D eigenvalue weighted by atomic mass is 9.86. The Hall–Kier alpha value is -0.530. The van der Waals surface area contributed by atoms with Crippen molar-refractivity contribution in [2.75, 3.05) is 6.54 Å². The van der Waals surface area contributed by atoms with Gasteiger partial charge in [0.25, 0.3) is 0 Å². The molecule has 0 radical (unpaired) electrons. The first-order chi connectivity index (χ1) is 9.22. The second-order valence-corrected chi connectivity index (χ2v) is 5.70. The average molecular weight is 282 g/mol. The van der Waals surface area contributed by atoms with Crippen molar-refractivity contribution < 1.29 is 0 Å². The Balaban J connectivity index is 2.77. The first-order valence-electron chi connectivity index (χ1n) is 7.69. The Kier molecular flexibility index (Phi) is 8.16. The first kappa shape index (κ1) is 16.5. The zero-order valence-electron chi connectivity index (χ0n) is 12.6. The van der Waals surface area contributed by atoms with E-state index in [1.807, 2.05) is 12.1 Å². The van der Waals surface area contributed by atoms with E-state index < -0.39 is 0 Å². The highest BCUT2D eigenvalue weighted by atomic mass is 35.5. The molecule has 1 aromatic carbocycles. The number of benzene rings is 1. The van der Waals surface area contributed by atoms with Crippen LogP contribution in [0.4, 0.5) is 0 Å². The number of nitrogens with one attached hydrogen (secondary N) is 1. The van der Waals surface area contributed by atoms with E-state index in [2.05, 4.69) is 38.2 Å². The van der Waals surface area contributed by atoms with Gasteiger partial charge in [-0.15, -0.1) is 0 Å². The third-order valence-electron chi connectivity index (χ3n) is 3.75.